The summed E-state index contributed by atoms with van der Waals surface area (Å²) in [6.07, 6.45) is 0.221. The van der Waals surface area contributed by atoms with Crippen molar-refractivity contribution in [3.8, 4) is 22.6 Å². The number of carbonyl (C=O) groups excluding carboxylic acids is 2. The Balaban J connectivity index is 1.62. The molecule has 0 spiro atoms. The van der Waals surface area contributed by atoms with E-state index in [-0.39, 0.29) is 22.0 Å². The van der Waals surface area contributed by atoms with E-state index in [1.54, 1.807) is 32.4 Å². The first-order chi connectivity index (χ1) is 17.9. The number of hydrogen-bond acceptors (Lipinski definition) is 5. The lowest BCUT2D eigenvalue weighted by molar-refractivity contribution is -0.142. The number of fused-ring (bicyclic) bond motifs is 1. The van der Waals surface area contributed by atoms with Gasteiger partial charge in [0.2, 0.25) is 0 Å². The molecule has 4 aromatic rings. The van der Waals surface area contributed by atoms with Crippen LogP contribution >= 0.6 is 23.2 Å². The summed E-state index contributed by atoms with van der Waals surface area (Å²) in [5, 5.41) is 5.07. The second kappa shape index (κ2) is 11.5. The molecule has 37 heavy (non-hydrogen) atoms. The summed E-state index contributed by atoms with van der Waals surface area (Å²) in [7, 11) is 4.53. The average Bonchev–Trinajstić information content (AvgIpc) is 2.91. The van der Waals surface area contributed by atoms with Gasteiger partial charge in [-0.25, -0.2) is 4.79 Å². The maximum absolute atomic E-state index is 12.9. The zero-order valence-electron chi connectivity index (χ0n) is 20.5. The van der Waals surface area contributed by atoms with Gasteiger partial charge in [0.1, 0.15) is 17.5 Å². The summed E-state index contributed by atoms with van der Waals surface area (Å²) < 4.78 is 16.0. The Hall–Kier alpha value is -3.74. The average molecular weight is 538 g/mol. The minimum Gasteiger partial charge on any atom is -0.496 e. The zero-order chi connectivity index (χ0) is 26.5. The summed E-state index contributed by atoms with van der Waals surface area (Å²) >= 11 is 12.3. The van der Waals surface area contributed by atoms with Crippen LogP contribution in [0, 0.1) is 0 Å². The number of hydrogen-bond donors (Lipinski definition) is 1. The molecule has 6 nitrogen and oxygen atoms in total. The minimum atomic E-state index is -0.931. The van der Waals surface area contributed by atoms with Crippen LogP contribution in [-0.2, 0) is 16.0 Å². The lowest BCUT2D eigenvalue weighted by Crippen LogP contribution is -2.43. The Kier molecular flexibility index (Phi) is 8.21. The molecule has 1 N–H and O–H groups in total. The normalized spacial score (nSPS) is 11.6. The molecule has 4 rings (SSSR count). The van der Waals surface area contributed by atoms with Crippen molar-refractivity contribution in [1.82, 2.24) is 5.32 Å². The Bertz CT molecular complexity index is 1430. The molecule has 0 aliphatic carbocycles. The highest BCUT2D eigenvalue weighted by atomic mass is 35.5. The van der Waals surface area contributed by atoms with Crippen LogP contribution in [0.25, 0.3) is 21.9 Å². The molecule has 0 aliphatic rings. The Morgan fingerprint density at radius 3 is 2.03 bits per heavy atom. The number of methoxy groups -OCH3 is 3. The Labute approximate surface area is 225 Å². The molecule has 0 saturated heterocycles. The van der Waals surface area contributed by atoms with Crippen LogP contribution < -0.4 is 14.8 Å². The van der Waals surface area contributed by atoms with E-state index in [0.717, 1.165) is 27.5 Å². The first kappa shape index (κ1) is 26.3. The smallest absolute Gasteiger partial charge is 0.328 e. The van der Waals surface area contributed by atoms with Crippen LogP contribution in [0.3, 0.4) is 0 Å². The van der Waals surface area contributed by atoms with E-state index < -0.39 is 17.9 Å². The van der Waals surface area contributed by atoms with Gasteiger partial charge in [-0.05, 0) is 52.2 Å². The van der Waals surface area contributed by atoms with Crippen LogP contribution in [0.5, 0.6) is 11.5 Å². The van der Waals surface area contributed by atoms with Crippen molar-refractivity contribution in [2.75, 3.05) is 21.3 Å². The topological polar surface area (TPSA) is 73.9 Å². The second-order valence-corrected chi connectivity index (χ2v) is 9.10. The number of esters is 1. The van der Waals surface area contributed by atoms with Crippen molar-refractivity contribution in [2.45, 2.75) is 12.5 Å². The molecule has 190 valence electrons. The quantitative estimate of drug-likeness (QED) is 0.265. The van der Waals surface area contributed by atoms with Crippen molar-refractivity contribution in [2.24, 2.45) is 0 Å². The van der Waals surface area contributed by atoms with Crippen molar-refractivity contribution in [1.29, 1.82) is 0 Å². The molecule has 0 aliphatic heterocycles. The fraction of sp³-hybridized carbons (Fsp3) is 0.172. The van der Waals surface area contributed by atoms with Crippen LogP contribution in [0.2, 0.25) is 10.0 Å². The van der Waals surface area contributed by atoms with Gasteiger partial charge in [0.15, 0.2) is 0 Å². The zero-order valence-corrected chi connectivity index (χ0v) is 22.0. The van der Waals surface area contributed by atoms with Gasteiger partial charge in [-0.15, -0.1) is 0 Å². The molecular weight excluding hydrogens is 513 g/mol. The number of nitrogens with one attached hydrogen (secondary N) is 1. The standard InChI is InChI=1S/C29H25Cl2NO5/c1-35-24-8-5-9-25(36-2)26(24)20-13-12-18-14-17(10-11-19(18)16-20)15-23(29(34)37-3)32-28(33)27-21(30)6-4-7-22(27)31/h4-14,16,23H,15H2,1-3H3,(H,32,33). The van der Waals surface area contributed by atoms with Gasteiger partial charge in [-0.2, -0.15) is 0 Å². The Morgan fingerprint density at radius 2 is 1.41 bits per heavy atom. The number of carbonyl (C=O) groups is 2. The van der Waals surface area contributed by atoms with Crippen LogP contribution in [-0.4, -0.2) is 39.2 Å². The highest BCUT2D eigenvalue weighted by molar-refractivity contribution is 6.39. The molecule has 0 heterocycles. The third kappa shape index (κ3) is 5.66. The van der Waals surface area contributed by atoms with Crippen molar-refractivity contribution >= 4 is 45.9 Å². The number of benzene rings is 4. The van der Waals surface area contributed by atoms with Gasteiger partial charge in [0, 0.05) is 6.42 Å². The number of amides is 1. The fourth-order valence-corrected chi connectivity index (χ4v) is 4.80. The van der Waals surface area contributed by atoms with Gasteiger partial charge in [0.05, 0.1) is 42.5 Å². The van der Waals surface area contributed by atoms with Crippen molar-refractivity contribution in [3.63, 3.8) is 0 Å². The summed E-state index contributed by atoms with van der Waals surface area (Å²) in [5.74, 6) is 0.300. The first-order valence-corrected chi connectivity index (χ1v) is 12.2. The van der Waals surface area contributed by atoms with E-state index in [1.807, 2.05) is 48.5 Å². The third-order valence-electron chi connectivity index (χ3n) is 6.04. The van der Waals surface area contributed by atoms with E-state index in [4.69, 9.17) is 37.4 Å². The summed E-state index contributed by atoms with van der Waals surface area (Å²) in [6, 6.07) is 21.4. The first-order valence-electron chi connectivity index (χ1n) is 11.4. The molecule has 0 saturated carbocycles. The van der Waals surface area contributed by atoms with Crippen LogP contribution in [0.15, 0.2) is 72.8 Å². The highest BCUT2D eigenvalue weighted by Gasteiger charge is 2.25. The van der Waals surface area contributed by atoms with Crippen molar-refractivity contribution in [3.05, 3.63) is 94.0 Å². The van der Waals surface area contributed by atoms with Crippen LogP contribution in [0.1, 0.15) is 15.9 Å². The molecule has 8 heteroatoms. The monoisotopic (exact) mass is 537 g/mol. The molecular formula is C29H25Cl2NO5. The van der Waals surface area contributed by atoms with E-state index >= 15 is 0 Å². The molecule has 1 amide bonds. The van der Waals surface area contributed by atoms with Gasteiger partial charge >= 0.3 is 5.97 Å². The lowest BCUT2D eigenvalue weighted by atomic mass is 9.97. The van der Waals surface area contributed by atoms with Gasteiger partial charge in [0.25, 0.3) is 5.91 Å². The predicted molar refractivity (Wildman–Crippen MR) is 146 cm³/mol. The molecule has 1 atom stereocenters. The van der Waals surface area contributed by atoms with Gasteiger partial charge in [-0.1, -0.05) is 65.7 Å². The van der Waals surface area contributed by atoms with Crippen LogP contribution in [0.4, 0.5) is 0 Å². The number of halogens is 2. The van der Waals surface area contributed by atoms with E-state index in [1.165, 1.54) is 7.11 Å². The molecule has 1 unspecified atom stereocenters. The predicted octanol–water partition coefficient (Wildman–Crippen LogP) is 6.34. The molecule has 4 aromatic carbocycles. The maximum Gasteiger partial charge on any atom is 0.328 e. The van der Waals surface area contributed by atoms with Gasteiger partial charge in [-0.3, -0.25) is 4.79 Å². The second-order valence-electron chi connectivity index (χ2n) is 8.28. The molecule has 0 fully saturated rings. The number of rotatable bonds is 8. The third-order valence-corrected chi connectivity index (χ3v) is 6.67. The fourth-order valence-electron chi connectivity index (χ4n) is 4.23. The molecule has 0 radical (unpaired) electrons. The summed E-state index contributed by atoms with van der Waals surface area (Å²) in [4.78, 5) is 25.4. The van der Waals surface area contributed by atoms with Gasteiger partial charge < -0.3 is 19.5 Å². The van der Waals surface area contributed by atoms with Crippen molar-refractivity contribution < 1.29 is 23.8 Å². The number of ether oxygens (including phenoxy) is 3. The summed E-state index contributed by atoms with van der Waals surface area (Å²) in [5.41, 5.74) is 2.77. The van der Waals surface area contributed by atoms with E-state index in [0.29, 0.717) is 11.5 Å². The summed E-state index contributed by atoms with van der Waals surface area (Å²) in [6.45, 7) is 0. The largest absolute Gasteiger partial charge is 0.496 e. The maximum atomic E-state index is 12.9. The molecule has 0 bridgehead atoms. The molecule has 0 aromatic heterocycles. The lowest BCUT2D eigenvalue weighted by Gasteiger charge is -2.18. The Morgan fingerprint density at radius 1 is 0.811 bits per heavy atom. The van der Waals surface area contributed by atoms with E-state index in [9.17, 15) is 9.59 Å². The minimum absolute atomic E-state index is 0.109. The highest BCUT2D eigenvalue weighted by Crippen LogP contribution is 2.39. The SMILES string of the molecule is COC(=O)C(Cc1ccc2cc(-c3c(OC)cccc3OC)ccc2c1)NC(=O)c1c(Cl)cccc1Cl. The van der Waals surface area contributed by atoms with E-state index in [2.05, 4.69) is 11.4 Å².